The van der Waals surface area contributed by atoms with Crippen LogP contribution in [0.2, 0.25) is 0 Å². The van der Waals surface area contributed by atoms with Crippen LogP contribution in [0.4, 0.5) is 0 Å². The summed E-state index contributed by atoms with van der Waals surface area (Å²) in [5.74, 6) is 4.74. The Hall–Kier alpha value is -0.640. The van der Waals surface area contributed by atoms with Crippen LogP contribution in [-0.4, -0.2) is 56.8 Å². The van der Waals surface area contributed by atoms with E-state index < -0.39 is 0 Å². The van der Waals surface area contributed by atoms with Crippen molar-refractivity contribution in [2.24, 2.45) is 5.92 Å². The maximum atomic E-state index is 9.71. The van der Waals surface area contributed by atoms with Gasteiger partial charge in [-0.25, -0.2) is 0 Å². The Bertz CT molecular complexity index is 807. The maximum Gasteiger partial charge on any atom is 0.118 e. The fourth-order valence-electron chi connectivity index (χ4n) is 4.23. The molecule has 2 aliphatic heterocycles. The highest BCUT2D eigenvalue weighted by atomic mass is 32.2. The van der Waals surface area contributed by atoms with Crippen molar-refractivity contribution in [2.45, 2.75) is 70.4 Å². The molecule has 0 bridgehead atoms. The number of rotatable bonds is 10. The second-order valence-electron chi connectivity index (χ2n) is 9.13. The number of methoxy groups -OCH3 is 2. The standard InChI is InChI=1S/C15H22OS2.C13H18O3S2/c1-4-14-11(2)9-15(18-14)17-10-12-5-7-13(16-3)8-6-12;1-16-10-4-2-9(3-5-10)8-17-13-6-11(15)12(7-14)18-13/h5-8,11,14-15H,4,9-10H2,1-3H3;2-5,11-15H,6-8H2,1H3/t11-,14+,15?;11-,12+,13?/m00/s1. The summed E-state index contributed by atoms with van der Waals surface area (Å²) in [7, 11) is 3.38. The smallest absolute Gasteiger partial charge is 0.118 e. The SMILES string of the molecule is CC[C@H]1SC(SCc2ccc(OC)cc2)C[C@@H]1C.COc1ccc(CSC2C[C@H](O)[C@@H](CO)S2)cc1. The van der Waals surface area contributed by atoms with E-state index in [1.165, 1.54) is 24.0 Å². The van der Waals surface area contributed by atoms with Gasteiger partial charge >= 0.3 is 0 Å². The molecule has 2 aromatic carbocycles. The van der Waals surface area contributed by atoms with Crippen LogP contribution in [0.3, 0.4) is 0 Å². The molecule has 0 aliphatic carbocycles. The molecule has 4 rings (SSSR count). The van der Waals surface area contributed by atoms with Gasteiger partial charge in [0.25, 0.3) is 0 Å². The van der Waals surface area contributed by atoms with Crippen LogP contribution in [0.25, 0.3) is 0 Å². The van der Waals surface area contributed by atoms with Gasteiger partial charge in [0.15, 0.2) is 0 Å². The second-order valence-corrected chi connectivity index (χ2v) is 15.0. The minimum Gasteiger partial charge on any atom is -0.497 e. The van der Waals surface area contributed by atoms with E-state index in [1.54, 1.807) is 26.0 Å². The molecule has 0 radical (unpaired) electrons. The molecule has 2 aromatic rings. The minimum absolute atomic E-state index is 0.0154. The first-order chi connectivity index (χ1) is 17.4. The van der Waals surface area contributed by atoms with Crippen molar-refractivity contribution in [3.8, 4) is 11.5 Å². The predicted octanol–water partition coefficient (Wildman–Crippen LogP) is 6.92. The number of aliphatic hydroxyl groups is 2. The first-order valence-corrected chi connectivity index (χ1v) is 16.5. The minimum atomic E-state index is -0.367. The van der Waals surface area contributed by atoms with E-state index in [-0.39, 0.29) is 18.0 Å². The van der Waals surface area contributed by atoms with Crippen LogP contribution in [0.5, 0.6) is 11.5 Å². The topological polar surface area (TPSA) is 58.9 Å². The summed E-state index contributed by atoms with van der Waals surface area (Å²) in [5, 5.41) is 19.7. The second kappa shape index (κ2) is 15.7. The highest BCUT2D eigenvalue weighted by Crippen LogP contribution is 2.46. The molecule has 0 amide bonds. The maximum absolute atomic E-state index is 9.71. The van der Waals surface area contributed by atoms with E-state index in [4.69, 9.17) is 14.6 Å². The first-order valence-electron chi connectivity index (χ1n) is 12.5. The molecule has 2 N–H and O–H groups in total. The average molecular weight is 569 g/mol. The molecule has 4 nitrogen and oxygen atoms in total. The Morgan fingerprint density at radius 1 is 0.806 bits per heavy atom. The number of ether oxygens (including phenoxy) is 2. The molecular formula is C28H40O4S4. The third-order valence-corrected chi connectivity index (χ3v) is 13.1. The van der Waals surface area contributed by atoms with E-state index in [2.05, 4.69) is 73.8 Å². The number of thioether (sulfide) groups is 4. The normalized spacial score (nSPS) is 27.4. The van der Waals surface area contributed by atoms with Crippen LogP contribution in [0, 0.1) is 5.92 Å². The predicted molar refractivity (Wildman–Crippen MR) is 161 cm³/mol. The molecule has 2 aliphatic rings. The molecule has 2 fully saturated rings. The highest BCUT2D eigenvalue weighted by molar-refractivity contribution is 8.17. The Balaban J connectivity index is 0.000000201. The fourth-order valence-corrected chi connectivity index (χ4v) is 10.5. The highest BCUT2D eigenvalue weighted by Gasteiger charge is 2.33. The first kappa shape index (κ1) is 29.9. The van der Waals surface area contributed by atoms with E-state index in [9.17, 15) is 5.11 Å². The van der Waals surface area contributed by atoms with Gasteiger partial charge < -0.3 is 19.7 Å². The summed E-state index contributed by atoms with van der Waals surface area (Å²) >= 11 is 7.79. The molecule has 0 saturated carbocycles. The third kappa shape index (κ3) is 9.28. The molecule has 6 atom stereocenters. The van der Waals surface area contributed by atoms with Gasteiger partial charge in [0, 0.05) is 16.8 Å². The van der Waals surface area contributed by atoms with Gasteiger partial charge in [-0.1, -0.05) is 38.1 Å². The van der Waals surface area contributed by atoms with Gasteiger partial charge in [0.1, 0.15) is 11.5 Å². The van der Waals surface area contributed by atoms with Crippen molar-refractivity contribution in [2.75, 3.05) is 20.8 Å². The van der Waals surface area contributed by atoms with Crippen molar-refractivity contribution >= 4 is 47.0 Å². The quantitative estimate of drug-likeness (QED) is 0.320. The summed E-state index contributed by atoms with van der Waals surface area (Å²) in [4.78, 5) is 0. The molecular weight excluding hydrogens is 529 g/mol. The molecule has 0 aromatic heterocycles. The molecule has 2 saturated heterocycles. The van der Waals surface area contributed by atoms with Crippen molar-refractivity contribution in [3.63, 3.8) is 0 Å². The summed E-state index contributed by atoms with van der Waals surface area (Å²) in [6.07, 6.45) is 3.07. The van der Waals surface area contributed by atoms with E-state index in [1.807, 2.05) is 23.9 Å². The Labute approximate surface area is 234 Å². The van der Waals surface area contributed by atoms with Gasteiger partial charge in [-0.2, -0.15) is 0 Å². The van der Waals surface area contributed by atoms with E-state index in [0.29, 0.717) is 4.58 Å². The van der Waals surface area contributed by atoms with Crippen molar-refractivity contribution in [1.82, 2.24) is 0 Å². The summed E-state index contributed by atoms with van der Waals surface area (Å²) in [5.41, 5.74) is 2.65. The van der Waals surface area contributed by atoms with E-state index in [0.717, 1.165) is 45.2 Å². The fraction of sp³-hybridized carbons (Fsp3) is 0.571. The van der Waals surface area contributed by atoms with Crippen molar-refractivity contribution in [3.05, 3.63) is 59.7 Å². The van der Waals surface area contributed by atoms with Crippen molar-refractivity contribution < 1.29 is 19.7 Å². The molecule has 2 unspecified atom stereocenters. The monoisotopic (exact) mass is 568 g/mol. The van der Waals surface area contributed by atoms with Crippen LogP contribution < -0.4 is 9.47 Å². The zero-order valence-corrected chi connectivity index (χ0v) is 24.9. The largest absolute Gasteiger partial charge is 0.497 e. The lowest BCUT2D eigenvalue weighted by Gasteiger charge is -2.10. The number of hydrogen-bond donors (Lipinski definition) is 2. The van der Waals surface area contributed by atoms with E-state index >= 15 is 0 Å². The van der Waals surface area contributed by atoms with Crippen LogP contribution in [0.15, 0.2) is 48.5 Å². The van der Waals surface area contributed by atoms with Gasteiger partial charge in [0.2, 0.25) is 0 Å². The molecule has 2 heterocycles. The Morgan fingerprint density at radius 3 is 1.67 bits per heavy atom. The summed E-state index contributed by atoms with van der Waals surface area (Å²) in [6, 6.07) is 16.5. The summed E-state index contributed by atoms with van der Waals surface area (Å²) in [6.45, 7) is 4.77. The van der Waals surface area contributed by atoms with Crippen LogP contribution >= 0.6 is 47.0 Å². The van der Waals surface area contributed by atoms with Crippen molar-refractivity contribution in [1.29, 1.82) is 0 Å². The van der Waals surface area contributed by atoms with Crippen LogP contribution in [-0.2, 0) is 11.5 Å². The number of aliphatic hydroxyl groups excluding tert-OH is 2. The van der Waals surface area contributed by atoms with Gasteiger partial charge in [-0.05, 0) is 60.6 Å². The average Bonchev–Trinajstić information content (AvgIpc) is 3.47. The van der Waals surface area contributed by atoms with Gasteiger partial charge in [-0.15, -0.1) is 47.0 Å². The lowest BCUT2D eigenvalue weighted by Crippen LogP contribution is -2.20. The lowest BCUT2D eigenvalue weighted by atomic mass is 10.0. The zero-order chi connectivity index (χ0) is 25.9. The number of benzene rings is 2. The molecule has 36 heavy (non-hydrogen) atoms. The Morgan fingerprint density at radius 2 is 1.28 bits per heavy atom. The Kier molecular flexibility index (Phi) is 13.0. The molecule has 0 spiro atoms. The van der Waals surface area contributed by atoms with Crippen LogP contribution in [0.1, 0.15) is 44.2 Å². The molecule has 200 valence electrons. The summed E-state index contributed by atoms with van der Waals surface area (Å²) < 4.78 is 11.5. The lowest BCUT2D eigenvalue weighted by molar-refractivity contribution is 0.144. The van der Waals surface area contributed by atoms with Gasteiger partial charge in [0.05, 0.1) is 41.3 Å². The third-order valence-electron chi connectivity index (χ3n) is 6.49. The molecule has 8 heteroatoms. The zero-order valence-electron chi connectivity index (χ0n) is 21.7. The number of hydrogen-bond acceptors (Lipinski definition) is 8. The van der Waals surface area contributed by atoms with Gasteiger partial charge in [-0.3, -0.25) is 0 Å².